The van der Waals surface area contributed by atoms with Crippen LogP contribution in [0, 0.1) is 0 Å². The second-order valence-electron chi connectivity index (χ2n) is 14.3. The van der Waals surface area contributed by atoms with Gasteiger partial charge in [0.15, 0.2) is 0 Å². The number of furan rings is 1. The molecule has 0 aliphatic carbocycles. The average Bonchev–Trinajstić information content (AvgIpc) is 3.78. The van der Waals surface area contributed by atoms with E-state index in [1.54, 1.807) is 12.1 Å². The second kappa shape index (κ2) is 12.2. The van der Waals surface area contributed by atoms with Gasteiger partial charge in [-0.15, -0.1) is 0 Å². The van der Waals surface area contributed by atoms with Crippen molar-refractivity contribution in [1.82, 2.24) is 4.57 Å². The quantitative estimate of drug-likeness (QED) is 0.165. The van der Waals surface area contributed by atoms with Gasteiger partial charge in [-0.1, -0.05) is 133 Å². The lowest BCUT2D eigenvalue weighted by Crippen LogP contribution is -2.04. The molecule has 0 atom stereocenters. The molecule has 2 nitrogen and oxygen atoms in total. The maximum Gasteiger partial charge on any atom is 0.416 e. The van der Waals surface area contributed by atoms with E-state index in [4.69, 9.17) is 4.42 Å². The molecule has 0 bridgehead atoms. The molecule has 0 unspecified atom stereocenters. The molecule has 0 aliphatic rings. The number of hydrogen-bond donors (Lipinski definition) is 0. The van der Waals surface area contributed by atoms with Crippen molar-refractivity contribution in [2.45, 2.75) is 6.18 Å². The summed E-state index contributed by atoms with van der Waals surface area (Å²) >= 11 is 0. The number of rotatable bonds is 4. The lowest BCUT2D eigenvalue weighted by molar-refractivity contribution is -0.137. The van der Waals surface area contributed by atoms with Crippen LogP contribution in [0.5, 0.6) is 0 Å². The minimum atomic E-state index is -4.40. The molecule has 0 radical (unpaired) electrons. The van der Waals surface area contributed by atoms with Gasteiger partial charge in [-0.3, -0.25) is 0 Å². The minimum Gasteiger partial charge on any atom is -0.455 e. The van der Waals surface area contributed by atoms with Crippen molar-refractivity contribution in [3.63, 3.8) is 0 Å². The summed E-state index contributed by atoms with van der Waals surface area (Å²) in [7, 11) is 0. The Bertz CT molecular complexity index is 3280. The highest BCUT2D eigenvalue weighted by atomic mass is 19.4. The summed E-state index contributed by atoms with van der Waals surface area (Å²) in [5, 5.41) is 8.60. The van der Waals surface area contributed by atoms with Crippen molar-refractivity contribution >= 4 is 65.3 Å². The molecular weight excluding hydrogens is 700 g/mol. The van der Waals surface area contributed by atoms with Crippen LogP contribution >= 0.6 is 0 Å². The van der Waals surface area contributed by atoms with Crippen LogP contribution in [0.4, 0.5) is 13.2 Å². The first-order valence-corrected chi connectivity index (χ1v) is 18.6. The molecule has 56 heavy (non-hydrogen) atoms. The van der Waals surface area contributed by atoms with E-state index < -0.39 is 11.7 Å². The van der Waals surface area contributed by atoms with E-state index in [9.17, 15) is 13.2 Å². The summed E-state index contributed by atoms with van der Waals surface area (Å²) in [5.41, 5.74) is 10.4. The van der Waals surface area contributed by atoms with Gasteiger partial charge in [0.2, 0.25) is 0 Å². The highest BCUT2D eigenvalue weighted by Gasteiger charge is 2.30. The van der Waals surface area contributed by atoms with Gasteiger partial charge in [-0.25, -0.2) is 0 Å². The minimum absolute atomic E-state index is 0.657. The number of nitrogens with zero attached hydrogens (tertiary/aromatic N) is 1. The summed E-state index contributed by atoms with van der Waals surface area (Å²) in [6, 6.07) is 60.3. The number of aromatic nitrogens is 1. The lowest BCUT2D eigenvalue weighted by atomic mass is 9.86. The van der Waals surface area contributed by atoms with Crippen molar-refractivity contribution < 1.29 is 17.6 Å². The van der Waals surface area contributed by atoms with Gasteiger partial charge in [-0.05, 0) is 97.9 Å². The molecule has 11 aromatic rings. The van der Waals surface area contributed by atoms with Gasteiger partial charge in [0.05, 0.1) is 16.6 Å². The Morgan fingerprint density at radius 2 is 0.893 bits per heavy atom. The Kier molecular flexibility index (Phi) is 7.05. The molecule has 0 N–H and O–H groups in total. The molecule has 0 amide bonds. The van der Waals surface area contributed by atoms with Gasteiger partial charge >= 0.3 is 6.18 Å². The maximum atomic E-state index is 13.5. The monoisotopic (exact) mass is 729 g/mol. The zero-order chi connectivity index (χ0) is 37.5. The summed E-state index contributed by atoms with van der Waals surface area (Å²) < 4.78 is 49.2. The van der Waals surface area contributed by atoms with E-state index in [-0.39, 0.29) is 0 Å². The van der Waals surface area contributed by atoms with Crippen LogP contribution in [0.25, 0.3) is 104 Å². The van der Waals surface area contributed by atoms with Crippen LogP contribution in [0.3, 0.4) is 0 Å². The fraction of sp³-hybridized carbons (Fsp3) is 0.0196. The molecule has 0 fully saturated rings. The van der Waals surface area contributed by atoms with E-state index in [0.717, 1.165) is 99.0 Å². The van der Waals surface area contributed by atoms with Crippen LogP contribution in [-0.2, 0) is 6.18 Å². The maximum absolute atomic E-state index is 13.5. The molecule has 0 spiro atoms. The van der Waals surface area contributed by atoms with Gasteiger partial charge in [0.25, 0.3) is 0 Å². The first-order chi connectivity index (χ1) is 27.4. The first-order valence-electron chi connectivity index (χ1n) is 18.6. The Balaban J connectivity index is 1.05. The third-order valence-electron chi connectivity index (χ3n) is 11.2. The van der Waals surface area contributed by atoms with Crippen LogP contribution in [0.2, 0.25) is 0 Å². The predicted octanol–water partition coefficient (Wildman–Crippen LogP) is 15.0. The van der Waals surface area contributed by atoms with E-state index in [2.05, 4.69) is 120 Å². The van der Waals surface area contributed by atoms with E-state index in [1.165, 1.54) is 17.5 Å². The van der Waals surface area contributed by atoms with Crippen molar-refractivity contribution in [1.29, 1.82) is 0 Å². The summed E-state index contributed by atoms with van der Waals surface area (Å²) in [4.78, 5) is 0. The van der Waals surface area contributed by atoms with Gasteiger partial charge < -0.3 is 8.98 Å². The largest absolute Gasteiger partial charge is 0.455 e. The Morgan fingerprint density at radius 3 is 1.52 bits per heavy atom. The second-order valence-corrected chi connectivity index (χ2v) is 14.3. The molecule has 0 aliphatic heterocycles. The average molecular weight is 730 g/mol. The molecular formula is C51H30F3NO. The summed E-state index contributed by atoms with van der Waals surface area (Å²) in [5.74, 6) is 0. The fourth-order valence-electron chi connectivity index (χ4n) is 8.75. The number of fused-ring (bicyclic) bond motifs is 8. The molecule has 0 saturated heterocycles. The van der Waals surface area contributed by atoms with Crippen LogP contribution in [-0.4, -0.2) is 4.57 Å². The molecule has 5 heteroatoms. The van der Waals surface area contributed by atoms with Crippen molar-refractivity contribution in [2.24, 2.45) is 0 Å². The number of alkyl halides is 3. The summed E-state index contributed by atoms with van der Waals surface area (Å²) in [6.45, 7) is 0. The van der Waals surface area contributed by atoms with Crippen molar-refractivity contribution in [3.05, 3.63) is 188 Å². The highest BCUT2D eigenvalue weighted by molar-refractivity contribution is 6.21. The molecule has 0 saturated carbocycles. The molecule has 2 aromatic heterocycles. The highest BCUT2D eigenvalue weighted by Crippen LogP contribution is 2.45. The van der Waals surface area contributed by atoms with Crippen LogP contribution < -0.4 is 0 Å². The topological polar surface area (TPSA) is 18.1 Å². The number of benzene rings is 9. The Morgan fingerprint density at radius 1 is 0.393 bits per heavy atom. The van der Waals surface area contributed by atoms with Gasteiger partial charge in [-0.2, -0.15) is 13.2 Å². The predicted molar refractivity (Wildman–Crippen MR) is 224 cm³/mol. The number of halogens is 3. The SMILES string of the molecule is FC(F)(F)c1ccc(-c2c3ccccc3c(-c3ccc(-n4c5ccccc5c5cc(-c6cccc7c6oc6ccccc67)ccc54)cc3)c3ccccc23)cc1. The number of para-hydroxylation sites is 3. The van der Waals surface area contributed by atoms with Crippen LogP contribution in [0.1, 0.15) is 5.56 Å². The smallest absolute Gasteiger partial charge is 0.416 e. The lowest BCUT2D eigenvalue weighted by Gasteiger charge is -2.18. The molecule has 266 valence electrons. The van der Waals surface area contributed by atoms with Crippen molar-refractivity contribution in [2.75, 3.05) is 0 Å². The summed E-state index contributed by atoms with van der Waals surface area (Å²) in [6.07, 6.45) is -4.40. The Labute approximate surface area is 319 Å². The fourth-order valence-corrected chi connectivity index (χ4v) is 8.75. The van der Waals surface area contributed by atoms with E-state index in [1.807, 2.05) is 42.5 Å². The zero-order valence-electron chi connectivity index (χ0n) is 29.8. The van der Waals surface area contributed by atoms with E-state index >= 15 is 0 Å². The normalized spacial score (nSPS) is 12.2. The molecule has 11 rings (SSSR count). The standard InChI is InChI=1S/C51H30F3NO/c52-51(53,54)34-25-20-31(21-26-34)48-39-12-1-3-14-41(39)49(42-15-4-2-13-40(42)48)32-22-27-35(28-23-32)55-45-18-7-5-10-37(45)44-30-33(24-29-46(44)55)36-16-9-17-43-38-11-6-8-19-47(38)56-50(36)43/h1-30H. The van der Waals surface area contributed by atoms with Crippen molar-refractivity contribution in [3.8, 4) is 39.1 Å². The third-order valence-corrected chi connectivity index (χ3v) is 11.2. The molecule has 9 aromatic carbocycles. The van der Waals surface area contributed by atoms with Gasteiger partial charge in [0, 0.05) is 32.8 Å². The number of hydrogen-bond acceptors (Lipinski definition) is 1. The first kappa shape index (κ1) is 32.3. The Hall–Kier alpha value is -7.11. The molecule has 2 heterocycles. The third kappa shape index (κ3) is 4.90. The van der Waals surface area contributed by atoms with E-state index in [0.29, 0.717) is 0 Å². The van der Waals surface area contributed by atoms with Crippen LogP contribution in [0.15, 0.2) is 186 Å². The van der Waals surface area contributed by atoms with Gasteiger partial charge in [0.1, 0.15) is 11.2 Å². The zero-order valence-corrected chi connectivity index (χ0v) is 29.8.